The Morgan fingerprint density at radius 1 is 1.06 bits per heavy atom. The molecule has 0 unspecified atom stereocenters. The number of nitrogens with two attached hydrogens (primary N) is 1. The SMILES string of the molecule is Nc1cc(Cl)ccc1OCc1ccc(CO)cc1. The molecule has 0 heterocycles. The first-order valence-electron chi connectivity index (χ1n) is 5.55. The molecule has 18 heavy (non-hydrogen) atoms. The van der Waals surface area contributed by atoms with Gasteiger partial charge >= 0.3 is 0 Å². The summed E-state index contributed by atoms with van der Waals surface area (Å²) < 4.78 is 5.61. The van der Waals surface area contributed by atoms with E-state index in [9.17, 15) is 0 Å². The van der Waals surface area contributed by atoms with E-state index in [0.29, 0.717) is 23.1 Å². The Labute approximate surface area is 111 Å². The number of nitrogen functional groups attached to an aromatic ring is 1. The van der Waals surface area contributed by atoms with Crippen molar-refractivity contribution < 1.29 is 9.84 Å². The molecule has 0 radical (unpaired) electrons. The second-order valence-electron chi connectivity index (χ2n) is 3.95. The largest absolute Gasteiger partial charge is 0.487 e. The standard InChI is InChI=1S/C14H14ClNO2/c15-12-5-6-14(13(16)7-12)18-9-11-3-1-10(8-17)2-4-11/h1-7,17H,8-9,16H2. The third-order valence-corrected chi connectivity index (χ3v) is 2.81. The van der Waals surface area contributed by atoms with E-state index in [2.05, 4.69) is 0 Å². The minimum absolute atomic E-state index is 0.0469. The van der Waals surface area contributed by atoms with Gasteiger partial charge in [-0.05, 0) is 29.3 Å². The normalized spacial score (nSPS) is 10.3. The number of anilines is 1. The van der Waals surface area contributed by atoms with Gasteiger partial charge in [-0.1, -0.05) is 35.9 Å². The van der Waals surface area contributed by atoms with Gasteiger partial charge in [0.2, 0.25) is 0 Å². The van der Waals surface area contributed by atoms with Gasteiger partial charge in [-0.25, -0.2) is 0 Å². The lowest BCUT2D eigenvalue weighted by molar-refractivity contribution is 0.281. The van der Waals surface area contributed by atoms with Crippen molar-refractivity contribution in [2.75, 3.05) is 5.73 Å². The van der Waals surface area contributed by atoms with Crippen LogP contribution >= 0.6 is 11.6 Å². The van der Waals surface area contributed by atoms with E-state index < -0.39 is 0 Å². The van der Waals surface area contributed by atoms with E-state index in [4.69, 9.17) is 27.2 Å². The summed E-state index contributed by atoms with van der Waals surface area (Å²) in [7, 11) is 0. The predicted molar refractivity (Wildman–Crippen MR) is 72.6 cm³/mol. The lowest BCUT2D eigenvalue weighted by Crippen LogP contribution is -1.99. The van der Waals surface area contributed by atoms with Gasteiger partial charge in [0.1, 0.15) is 12.4 Å². The Bertz CT molecular complexity index is 526. The highest BCUT2D eigenvalue weighted by atomic mass is 35.5. The molecular formula is C14H14ClNO2. The van der Waals surface area contributed by atoms with Crippen molar-refractivity contribution in [3.63, 3.8) is 0 Å². The van der Waals surface area contributed by atoms with Gasteiger partial charge < -0.3 is 15.6 Å². The molecule has 2 rings (SSSR count). The third-order valence-electron chi connectivity index (χ3n) is 2.57. The van der Waals surface area contributed by atoms with Gasteiger partial charge in [-0.2, -0.15) is 0 Å². The summed E-state index contributed by atoms with van der Waals surface area (Å²) in [4.78, 5) is 0. The zero-order chi connectivity index (χ0) is 13.0. The summed E-state index contributed by atoms with van der Waals surface area (Å²) in [6.07, 6.45) is 0. The highest BCUT2D eigenvalue weighted by Gasteiger charge is 2.02. The first kappa shape index (κ1) is 12.7. The fraction of sp³-hybridized carbons (Fsp3) is 0.143. The van der Waals surface area contributed by atoms with Crippen molar-refractivity contribution in [1.29, 1.82) is 0 Å². The van der Waals surface area contributed by atoms with Crippen LogP contribution < -0.4 is 10.5 Å². The molecule has 3 N–H and O–H groups in total. The number of aliphatic hydroxyl groups excluding tert-OH is 1. The Hall–Kier alpha value is -1.71. The Morgan fingerprint density at radius 2 is 1.72 bits per heavy atom. The van der Waals surface area contributed by atoms with Crippen LogP contribution in [0, 0.1) is 0 Å². The van der Waals surface area contributed by atoms with Crippen LogP contribution in [0.15, 0.2) is 42.5 Å². The van der Waals surface area contributed by atoms with E-state index in [1.54, 1.807) is 18.2 Å². The zero-order valence-electron chi connectivity index (χ0n) is 9.77. The molecule has 0 aliphatic carbocycles. The molecule has 0 bridgehead atoms. The van der Waals surface area contributed by atoms with Crippen molar-refractivity contribution in [2.45, 2.75) is 13.2 Å². The predicted octanol–water partition coefficient (Wildman–Crippen LogP) is 2.99. The minimum atomic E-state index is 0.0469. The molecule has 3 nitrogen and oxygen atoms in total. The van der Waals surface area contributed by atoms with Crippen LogP contribution in [0.4, 0.5) is 5.69 Å². The molecule has 2 aromatic carbocycles. The Kier molecular flexibility index (Phi) is 4.07. The van der Waals surface area contributed by atoms with Crippen LogP contribution in [0.25, 0.3) is 0 Å². The van der Waals surface area contributed by atoms with Crippen LogP contribution in [-0.2, 0) is 13.2 Å². The quantitative estimate of drug-likeness (QED) is 0.834. The lowest BCUT2D eigenvalue weighted by Gasteiger charge is -2.09. The topological polar surface area (TPSA) is 55.5 Å². The number of rotatable bonds is 4. The van der Waals surface area contributed by atoms with Crippen LogP contribution in [-0.4, -0.2) is 5.11 Å². The molecule has 0 saturated heterocycles. The number of hydrogen-bond acceptors (Lipinski definition) is 3. The molecular weight excluding hydrogens is 250 g/mol. The summed E-state index contributed by atoms with van der Waals surface area (Å²) in [5.41, 5.74) is 8.21. The van der Waals surface area contributed by atoms with E-state index in [1.165, 1.54) is 0 Å². The fourth-order valence-corrected chi connectivity index (χ4v) is 1.73. The van der Waals surface area contributed by atoms with Gasteiger partial charge in [0.25, 0.3) is 0 Å². The summed E-state index contributed by atoms with van der Waals surface area (Å²) >= 11 is 5.81. The summed E-state index contributed by atoms with van der Waals surface area (Å²) in [6.45, 7) is 0.475. The van der Waals surface area contributed by atoms with Crippen LogP contribution in [0.5, 0.6) is 5.75 Å². The maximum absolute atomic E-state index is 8.94. The minimum Gasteiger partial charge on any atom is -0.487 e. The highest BCUT2D eigenvalue weighted by Crippen LogP contribution is 2.25. The molecule has 0 fully saturated rings. The van der Waals surface area contributed by atoms with Crippen molar-refractivity contribution in [3.8, 4) is 5.75 Å². The van der Waals surface area contributed by atoms with E-state index in [0.717, 1.165) is 11.1 Å². The average Bonchev–Trinajstić information content (AvgIpc) is 2.38. The monoisotopic (exact) mass is 263 g/mol. The Balaban J connectivity index is 2.02. The van der Waals surface area contributed by atoms with Crippen LogP contribution in [0.2, 0.25) is 5.02 Å². The Morgan fingerprint density at radius 3 is 2.33 bits per heavy atom. The van der Waals surface area contributed by atoms with Gasteiger partial charge in [0.15, 0.2) is 0 Å². The number of hydrogen-bond donors (Lipinski definition) is 2. The molecule has 0 aliphatic rings. The van der Waals surface area contributed by atoms with E-state index in [-0.39, 0.29) is 6.61 Å². The number of aliphatic hydroxyl groups is 1. The summed E-state index contributed by atoms with van der Waals surface area (Å²) in [5.74, 6) is 0.616. The van der Waals surface area contributed by atoms with E-state index in [1.807, 2.05) is 24.3 Å². The van der Waals surface area contributed by atoms with E-state index >= 15 is 0 Å². The molecule has 94 valence electrons. The molecule has 0 aromatic heterocycles. The number of halogens is 1. The molecule has 0 spiro atoms. The first-order chi connectivity index (χ1) is 8.69. The lowest BCUT2D eigenvalue weighted by atomic mass is 10.1. The summed E-state index contributed by atoms with van der Waals surface area (Å²) in [6, 6.07) is 12.7. The van der Waals surface area contributed by atoms with Crippen molar-refractivity contribution in [1.82, 2.24) is 0 Å². The van der Waals surface area contributed by atoms with Crippen LogP contribution in [0.1, 0.15) is 11.1 Å². The molecule has 4 heteroatoms. The molecule has 0 saturated carbocycles. The fourth-order valence-electron chi connectivity index (χ4n) is 1.55. The van der Waals surface area contributed by atoms with Crippen molar-refractivity contribution in [2.24, 2.45) is 0 Å². The average molecular weight is 264 g/mol. The van der Waals surface area contributed by atoms with Gasteiger partial charge in [-0.15, -0.1) is 0 Å². The third kappa shape index (κ3) is 3.15. The van der Waals surface area contributed by atoms with Gasteiger partial charge in [0.05, 0.1) is 12.3 Å². The smallest absolute Gasteiger partial charge is 0.142 e. The van der Waals surface area contributed by atoms with Gasteiger partial charge in [-0.3, -0.25) is 0 Å². The van der Waals surface area contributed by atoms with Gasteiger partial charge in [0, 0.05) is 5.02 Å². The highest BCUT2D eigenvalue weighted by molar-refractivity contribution is 6.30. The molecule has 2 aromatic rings. The molecule has 0 aliphatic heterocycles. The van der Waals surface area contributed by atoms with Crippen molar-refractivity contribution >= 4 is 17.3 Å². The molecule has 0 amide bonds. The second kappa shape index (κ2) is 5.76. The maximum atomic E-state index is 8.94. The second-order valence-corrected chi connectivity index (χ2v) is 4.38. The first-order valence-corrected chi connectivity index (χ1v) is 5.93. The maximum Gasteiger partial charge on any atom is 0.142 e. The number of ether oxygens (including phenoxy) is 1. The molecule has 0 atom stereocenters. The van der Waals surface area contributed by atoms with Crippen LogP contribution in [0.3, 0.4) is 0 Å². The summed E-state index contributed by atoms with van der Waals surface area (Å²) in [5, 5.41) is 9.53. The number of benzene rings is 2. The zero-order valence-corrected chi connectivity index (χ0v) is 10.5. The van der Waals surface area contributed by atoms with Crippen molar-refractivity contribution in [3.05, 3.63) is 58.6 Å².